The number of anilines is 1. The zero-order chi connectivity index (χ0) is 17.8. The Bertz CT molecular complexity index is 990. The Morgan fingerprint density at radius 1 is 1.00 bits per heavy atom. The molecule has 0 aliphatic heterocycles. The molecule has 0 aliphatic rings. The van der Waals surface area contributed by atoms with Crippen LogP contribution in [0, 0.1) is 0 Å². The highest BCUT2D eigenvalue weighted by molar-refractivity contribution is 7.13. The van der Waals surface area contributed by atoms with Crippen LogP contribution in [0.4, 0.5) is 5.69 Å². The third-order valence-electron chi connectivity index (χ3n) is 4.08. The maximum atomic E-state index is 12.6. The molecule has 4 rings (SSSR count). The predicted octanol–water partition coefficient (Wildman–Crippen LogP) is 4.91. The van der Waals surface area contributed by atoms with Crippen LogP contribution in [0.2, 0.25) is 0 Å². The van der Waals surface area contributed by atoms with Crippen LogP contribution in [-0.2, 0) is 6.54 Å². The summed E-state index contributed by atoms with van der Waals surface area (Å²) in [6.07, 6.45) is 3.68. The fraction of sp³-hybridized carbons (Fsp3) is 0.0476. The summed E-state index contributed by atoms with van der Waals surface area (Å²) < 4.78 is 1.85. The largest absolute Gasteiger partial charge is 0.321 e. The molecule has 1 N–H and O–H groups in total. The summed E-state index contributed by atoms with van der Waals surface area (Å²) in [6, 6.07) is 21.4. The standard InChI is InChI=1S/C21H17N3OS/c25-21(17-10-8-16(9-11-17)15-24-13-4-12-22-24)23-19-6-2-1-5-18(19)20-7-3-14-26-20/h1-14H,15H2,(H,23,25). The Balaban J connectivity index is 1.50. The number of thiophene rings is 1. The summed E-state index contributed by atoms with van der Waals surface area (Å²) in [5.74, 6) is -0.111. The van der Waals surface area contributed by atoms with Crippen LogP contribution in [0.25, 0.3) is 10.4 Å². The molecule has 1 amide bonds. The maximum Gasteiger partial charge on any atom is 0.255 e. The quantitative estimate of drug-likeness (QED) is 0.550. The van der Waals surface area contributed by atoms with Gasteiger partial charge in [0.25, 0.3) is 5.91 Å². The van der Waals surface area contributed by atoms with E-state index >= 15 is 0 Å². The minimum atomic E-state index is -0.111. The lowest BCUT2D eigenvalue weighted by Crippen LogP contribution is -2.12. The second kappa shape index (κ2) is 7.37. The van der Waals surface area contributed by atoms with E-state index in [1.807, 2.05) is 76.9 Å². The van der Waals surface area contributed by atoms with Gasteiger partial charge in [-0.25, -0.2) is 0 Å². The number of amides is 1. The number of hydrogen-bond acceptors (Lipinski definition) is 3. The summed E-state index contributed by atoms with van der Waals surface area (Å²) in [7, 11) is 0. The van der Waals surface area contributed by atoms with Gasteiger partial charge in [0.1, 0.15) is 0 Å². The lowest BCUT2D eigenvalue weighted by atomic mass is 10.1. The minimum absolute atomic E-state index is 0.111. The highest BCUT2D eigenvalue weighted by Crippen LogP contribution is 2.31. The molecule has 0 atom stereocenters. The number of aromatic nitrogens is 2. The minimum Gasteiger partial charge on any atom is -0.321 e. The van der Waals surface area contributed by atoms with Gasteiger partial charge in [0.05, 0.1) is 6.54 Å². The molecule has 5 heteroatoms. The molecule has 0 bridgehead atoms. The van der Waals surface area contributed by atoms with Crippen LogP contribution < -0.4 is 5.32 Å². The van der Waals surface area contributed by atoms with Crippen LogP contribution in [0.5, 0.6) is 0 Å². The lowest BCUT2D eigenvalue weighted by Gasteiger charge is -2.10. The van der Waals surface area contributed by atoms with E-state index in [-0.39, 0.29) is 5.91 Å². The molecule has 0 saturated heterocycles. The van der Waals surface area contributed by atoms with Crippen LogP contribution in [0.1, 0.15) is 15.9 Å². The molecule has 2 aromatic heterocycles. The van der Waals surface area contributed by atoms with Gasteiger partial charge in [-0.2, -0.15) is 5.10 Å². The molecular formula is C21H17N3OS. The second-order valence-electron chi connectivity index (χ2n) is 5.88. The van der Waals surface area contributed by atoms with Gasteiger partial charge < -0.3 is 5.32 Å². The third kappa shape index (κ3) is 3.58. The smallest absolute Gasteiger partial charge is 0.255 e. The fourth-order valence-electron chi connectivity index (χ4n) is 2.78. The number of rotatable bonds is 5. The summed E-state index contributed by atoms with van der Waals surface area (Å²) in [5.41, 5.74) is 3.59. The topological polar surface area (TPSA) is 46.9 Å². The van der Waals surface area contributed by atoms with Crippen molar-refractivity contribution in [2.24, 2.45) is 0 Å². The van der Waals surface area contributed by atoms with Gasteiger partial charge in [-0.15, -0.1) is 11.3 Å². The molecule has 0 radical (unpaired) electrons. The van der Waals surface area contributed by atoms with Gasteiger partial charge in [0.2, 0.25) is 0 Å². The molecule has 0 fully saturated rings. The van der Waals surface area contributed by atoms with Crippen molar-refractivity contribution >= 4 is 22.9 Å². The van der Waals surface area contributed by atoms with Crippen molar-refractivity contribution in [1.82, 2.24) is 9.78 Å². The number of nitrogens with one attached hydrogen (secondary N) is 1. The maximum absolute atomic E-state index is 12.6. The van der Waals surface area contributed by atoms with Crippen molar-refractivity contribution in [1.29, 1.82) is 0 Å². The zero-order valence-corrected chi connectivity index (χ0v) is 14.8. The van der Waals surface area contributed by atoms with Crippen molar-refractivity contribution in [3.8, 4) is 10.4 Å². The third-order valence-corrected chi connectivity index (χ3v) is 4.98. The molecule has 4 aromatic rings. The normalized spacial score (nSPS) is 10.6. The predicted molar refractivity (Wildman–Crippen MR) is 105 cm³/mol. The Morgan fingerprint density at radius 2 is 1.85 bits per heavy atom. The molecule has 2 heterocycles. The van der Waals surface area contributed by atoms with Crippen LogP contribution in [0.3, 0.4) is 0 Å². The van der Waals surface area contributed by atoms with E-state index < -0.39 is 0 Å². The van der Waals surface area contributed by atoms with Gasteiger partial charge in [-0.3, -0.25) is 9.48 Å². The van der Waals surface area contributed by atoms with Gasteiger partial charge in [-0.1, -0.05) is 36.4 Å². The van der Waals surface area contributed by atoms with E-state index in [9.17, 15) is 4.79 Å². The molecule has 0 spiro atoms. The van der Waals surface area contributed by atoms with Crippen molar-refractivity contribution in [3.63, 3.8) is 0 Å². The first-order chi connectivity index (χ1) is 12.8. The summed E-state index contributed by atoms with van der Waals surface area (Å²) in [5, 5.41) is 9.26. The average molecular weight is 359 g/mol. The van der Waals surface area contributed by atoms with Gasteiger partial charge >= 0.3 is 0 Å². The fourth-order valence-corrected chi connectivity index (χ4v) is 3.54. The first-order valence-electron chi connectivity index (χ1n) is 8.30. The van der Waals surface area contributed by atoms with Crippen molar-refractivity contribution in [2.45, 2.75) is 6.54 Å². The molecule has 4 nitrogen and oxygen atoms in total. The summed E-state index contributed by atoms with van der Waals surface area (Å²) >= 11 is 1.66. The molecular weight excluding hydrogens is 342 g/mol. The number of hydrogen-bond donors (Lipinski definition) is 1. The molecule has 0 unspecified atom stereocenters. The van der Waals surface area contributed by atoms with Crippen LogP contribution in [-0.4, -0.2) is 15.7 Å². The summed E-state index contributed by atoms with van der Waals surface area (Å²) in [6.45, 7) is 0.691. The highest BCUT2D eigenvalue weighted by atomic mass is 32.1. The number of carbonyl (C=O) groups excluding carboxylic acids is 1. The molecule has 26 heavy (non-hydrogen) atoms. The van der Waals surface area contributed by atoms with Gasteiger partial charge in [0, 0.05) is 34.1 Å². The van der Waals surface area contributed by atoms with E-state index in [1.165, 1.54) is 0 Å². The Hall–Kier alpha value is -3.18. The highest BCUT2D eigenvalue weighted by Gasteiger charge is 2.11. The van der Waals surface area contributed by atoms with Crippen molar-refractivity contribution in [3.05, 3.63) is 95.6 Å². The van der Waals surface area contributed by atoms with Crippen LogP contribution in [0.15, 0.2) is 84.5 Å². The molecule has 0 saturated carbocycles. The Kier molecular flexibility index (Phi) is 4.62. The number of para-hydroxylation sites is 1. The Labute approximate surface area is 155 Å². The van der Waals surface area contributed by atoms with Crippen LogP contribution >= 0.6 is 11.3 Å². The number of nitrogens with zero attached hydrogens (tertiary/aromatic N) is 2. The van der Waals surface area contributed by atoms with E-state index in [1.54, 1.807) is 17.5 Å². The molecule has 128 valence electrons. The molecule has 2 aromatic carbocycles. The number of carbonyl (C=O) groups is 1. The average Bonchev–Trinajstić information content (AvgIpc) is 3.37. The van der Waals surface area contributed by atoms with Crippen molar-refractivity contribution in [2.75, 3.05) is 5.32 Å². The van der Waals surface area contributed by atoms with E-state index in [2.05, 4.69) is 16.5 Å². The van der Waals surface area contributed by atoms with Gasteiger partial charge in [-0.05, 0) is 41.3 Å². The Morgan fingerprint density at radius 3 is 2.58 bits per heavy atom. The first-order valence-corrected chi connectivity index (χ1v) is 9.18. The zero-order valence-electron chi connectivity index (χ0n) is 14.0. The SMILES string of the molecule is O=C(Nc1ccccc1-c1cccs1)c1ccc(Cn2cccn2)cc1. The molecule has 0 aliphatic carbocycles. The number of benzene rings is 2. The van der Waals surface area contributed by atoms with E-state index in [0.29, 0.717) is 12.1 Å². The first kappa shape index (κ1) is 16.3. The van der Waals surface area contributed by atoms with E-state index in [4.69, 9.17) is 0 Å². The van der Waals surface area contributed by atoms with Gasteiger partial charge in [0.15, 0.2) is 0 Å². The van der Waals surface area contributed by atoms with E-state index in [0.717, 1.165) is 21.7 Å². The second-order valence-corrected chi connectivity index (χ2v) is 6.83. The summed E-state index contributed by atoms with van der Waals surface area (Å²) in [4.78, 5) is 13.8. The monoisotopic (exact) mass is 359 g/mol. The van der Waals surface area contributed by atoms with Crippen molar-refractivity contribution < 1.29 is 4.79 Å². The lowest BCUT2D eigenvalue weighted by molar-refractivity contribution is 0.102.